The molecule has 2 rings (SSSR count). The van der Waals surface area contributed by atoms with Crippen molar-refractivity contribution >= 4 is 27.6 Å². The molecule has 1 saturated heterocycles. The Labute approximate surface area is 135 Å². The molecule has 1 aromatic carbocycles. The molecule has 1 aliphatic heterocycles. The standard InChI is InChI=1S/C13H13ClF3NO4S/c1-7-4-8(14)2-3-11(7)23(21,22)18-5-9(12(19)20)10(6-18)13(15,16)17/h2-4,9-10H,5-6H2,1H3,(H,19,20)/t9-,10-/m1/s1. The van der Waals surface area contributed by atoms with E-state index in [1.54, 1.807) is 0 Å². The van der Waals surface area contributed by atoms with E-state index in [1.807, 2.05) is 0 Å². The number of carbonyl (C=O) groups is 1. The summed E-state index contributed by atoms with van der Waals surface area (Å²) in [6.07, 6.45) is -4.79. The van der Waals surface area contributed by atoms with Crippen molar-refractivity contribution in [2.24, 2.45) is 11.8 Å². The lowest BCUT2D eigenvalue weighted by Crippen LogP contribution is -2.34. The molecule has 0 bridgehead atoms. The molecule has 23 heavy (non-hydrogen) atoms. The third kappa shape index (κ3) is 3.46. The first-order valence-corrected chi connectivity index (χ1v) is 8.32. The average molecular weight is 372 g/mol. The lowest BCUT2D eigenvalue weighted by atomic mass is 9.96. The van der Waals surface area contributed by atoms with Gasteiger partial charge >= 0.3 is 12.1 Å². The quantitative estimate of drug-likeness (QED) is 0.886. The van der Waals surface area contributed by atoms with Crippen LogP contribution in [0.2, 0.25) is 5.02 Å². The first kappa shape index (κ1) is 18.0. The molecule has 0 unspecified atom stereocenters. The highest BCUT2D eigenvalue weighted by Gasteiger charge is 2.55. The third-order valence-corrected chi connectivity index (χ3v) is 6.01. The van der Waals surface area contributed by atoms with Gasteiger partial charge in [-0.05, 0) is 30.7 Å². The molecule has 1 aromatic rings. The fraction of sp³-hybridized carbons (Fsp3) is 0.462. The highest BCUT2D eigenvalue weighted by atomic mass is 35.5. The molecule has 1 fully saturated rings. The predicted molar refractivity (Wildman–Crippen MR) is 75.6 cm³/mol. The van der Waals surface area contributed by atoms with Crippen LogP contribution in [-0.2, 0) is 14.8 Å². The minimum atomic E-state index is -4.79. The summed E-state index contributed by atoms with van der Waals surface area (Å²) in [5, 5.41) is 9.24. The normalized spacial score (nSPS) is 23.2. The number of hydrogen-bond acceptors (Lipinski definition) is 3. The molecule has 0 saturated carbocycles. The summed E-state index contributed by atoms with van der Waals surface area (Å²) >= 11 is 5.74. The molecule has 0 aliphatic carbocycles. The predicted octanol–water partition coefficient (Wildman–Crippen LogP) is 2.53. The molecule has 0 aromatic heterocycles. The minimum absolute atomic E-state index is 0.186. The van der Waals surface area contributed by atoms with Gasteiger partial charge < -0.3 is 5.11 Å². The summed E-state index contributed by atoms with van der Waals surface area (Å²) in [6.45, 7) is -0.167. The van der Waals surface area contributed by atoms with Crippen LogP contribution in [0.5, 0.6) is 0 Å². The lowest BCUT2D eigenvalue weighted by Gasteiger charge is -2.19. The van der Waals surface area contributed by atoms with E-state index < -0.39 is 47.1 Å². The maximum atomic E-state index is 13.0. The Morgan fingerprint density at radius 2 is 1.96 bits per heavy atom. The Kier molecular flexibility index (Phi) is 4.67. The van der Waals surface area contributed by atoms with Gasteiger partial charge in [-0.2, -0.15) is 17.5 Å². The fourth-order valence-corrected chi connectivity index (χ4v) is 4.51. The topological polar surface area (TPSA) is 74.7 Å². The molecule has 1 N–H and O–H groups in total. The molecule has 2 atom stereocenters. The first-order chi connectivity index (χ1) is 10.4. The van der Waals surface area contributed by atoms with Crippen LogP contribution in [0.25, 0.3) is 0 Å². The van der Waals surface area contributed by atoms with Crippen LogP contribution in [0.3, 0.4) is 0 Å². The van der Waals surface area contributed by atoms with Crippen molar-refractivity contribution < 1.29 is 31.5 Å². The second-order valence-electron chi connectivity index (χ2n) is 5.32. The van der Waals surface area contributed by atoms with E-state index in [1.165, 1.54) is 25.1 Å². The van der Waals surface area contributed by atoms with E-state index in [0.717, 1.165) is 0 Å². The molecule has 1 aliphatic rings. The number of benzene rings is 1. The van der Waals surface area contributed by atoms with Gasteiger partial charge in [0.25, 0.3) is 0 Å². The van der Waals surface area contributed by atoms with Crippen molar-refractivity contribution in [1.29, 1.82) is 0 Å². The number of aryl methyl sites for hydroxylation is 1. The highest BCUT2D eigenvalue weighted by molar-refractivity contribution is 7.89. The van der Waals surface area contributed by atoms with E-state index >= 15 is 0 Å². The van der Waals surface area contributed by atoms with Gasteiger partial charge in [0.1, 0.15) is 0 Å². The number of alkyl halides is 3. The SMILES string of the molecule is Cc1cc(Cl)ccc1S(=O)(=O)N1C[C@@H](C(F)(F)F)[C@H](C(=O)O)C1. The Hall–Kier alpha value is -1.32. The molecule has 128 valence electrons. The summed E-state index contributed by atoms with van der Waals surface area (Å²) in [6, 6.07) is 3.89. The average Bonchev–Trinajstić information content (AvgIpc) is 2.83. The van der Waals surface area contributed by atoms with E-state index in [9.17, 15) is 26.4 Å². The Bertz CT molecular complexity index is 735. The number of rotatable bonds is 3. The molecule has 0 amide bonds. The summed E-state index contributed by atoms with van der Waals surface area (Å²) in [5.41, 5.74) is 0.278. The molecule has 5 nitrogen and oxygen atoms in total. The minimum Gasteiger partial charge on any atom is -0.481 e. The molecule has 0 spiro atoms. The van der Waals surface area contributed by atoms with Gasteiger partial charge in [-0.1, -0.05) is 11.6 Å². The van der Waals surface area contributed by atoms with Gasteiger partial charge in [0.15, 0.2) is 0 Å². The van der Waals surface area contributed by atoms with Gasteiger partial charge in [0, 0.05) is 18.1 Å². The zero-order chi connectivity index (χ0) is 17.6. The van der Waals surface area contributed by atoms with Crippen LogP contribution in [0, 0.1) is 18.8 Å². The number of halogens is 4. The van der Waals surface area contributed by atoms with Crippen molar-refractivity contribution in [2.45, 2.75) is 18.0 Å². The zero-order valence-corrected chi connectivity index (χ0v) is 13.4. The third-order valence-electron chi connectivity index (χ3n) is 3.78. The van der Waals surface area contributed by atoms with Gasteiger partial charge in [-0.25, -0.2) is 8.42 Å². The van der Waals surface area contributed by atoms with Crippen LogP contribution in [-0.4, -0.2) is 43.1 Å². The smallest absolute Gasteiger partial charge is 0.393 e. The van der Waals surface area contributed by atoms with Gasteiger partial charge in [-0.15, -0.1) is 0 Å². The monoisotopic (exact) mass is 371 g/mol. The van der Waals surface area contributed by atoms with Crippen LogP contribution >= 0.6 is 11.6 Å². The van der Waals surface area contributed by atoms with Crippen molar-refractivity contribution in [3.63, 3.8) is 0 Å². The van der Waals surface area contributed by atoms with Crippen molar-refractivity contribution in [3.05, 3.63) is 28.8 Å². The molecule has 1 heterocycles. The van der Waals surface area contributed by atoms with Gasteiger partial charge in [0.2, 0.25) is 10.0 Å². The number of nitrogens with zero attached hydrogens (tertiary/aromatic N) is 1. The summed E-state index contributed by atoms with van der Waals surface area (Å²) in [5.74, 6) is -5.72. The summed E-state index contributed by atoms with van der Waals surface area (Å²) < 4.78 is 64.5. The molecular weight excluding hydrogens is 359 g/mol. The van der Waals surface area contributed by atoms with Crippen molar-refractivity contribution in [3.8, 4) is 0 Å². The second-order valence-corrected chi connectivity index (χ2v) is 7.67. The molecular formula is C13H13ClF3NO4S. The van der Waals surface area contributed by atoms with Crippen LogP contribution in [0.15, 0.2) is 23.1 Å². The Morgan fingerprint density at radius 1 is 1.35 bits per heavy atom. The summed E-state index contributed by atoms with van der Waals surface area (Å²) in [7, 11) is -4.23. The van der Waals surface area contributed by atoms with E-state index in [0.29, 0.717) is 9.33 Å². The maximum Gasteiger partial charge on any atom is 0.393 e. The summed E-state index contributed by atoms with van der Waals surface area (Å²) in [4.78, 5) is 10.9. The van der Waals surface area contributed by atoms with Gasteiger partial charge in [-0.3, -0.25) is 4.79 Å². The van der Waals surface area contributed by atoms with Crippen LogP contribution in [0.4, 0.5) is 13.2 Å². The zero-order valence-electron chi connectivity index (χ0n) is 11.8. The van der Waals surface area contributed by atoms with Crippen LogP contribution < -0.4 is 0 Å². The van der Waals surface area contributed by atoms with E-state index in [4.69, 9.17) is 16.7 Å². The first-order valence-electron chi connectivity index (χ1n) is 6.50. The van der Waals surface area contributed by atoms with Crippen molar-refractivity contribution in [1.82, 2.24) is 4.31 Å². The maximum absolute atomic E-state index is 13.0. The Balaban J connectivity index is 2.40. The number of hydrogen-bond donors (Lipinski definition) is 1. The van der Waals surface area contributed by atoms with E-state index in [2.05, 4.69) is 0 Å². The van der Waals surface area contributed by atoms with E-state index in [-0.39, 0.29) is 10.5 Å². The largest absolute Gasteiger partial charge is 0.481 e. The lowest BCUT2D eigenvalue weighted by molar-refractivity contribution is -0.187. The van der Waals surface area contributed by atoms with Crippen LogP contribution in [0.1, 0.15) is 5.56 Å². The molecule has 10 heteroatoms. The number of carboxylic acids is 1. The van der Waals surface area contributed by atoms with Gasteiger partial charge in [0.05, 0.1) is 16.7 Å². The fourth-order valence-electron chi connectivity index (χ4n) is 2.59. The Morgan fingerprint density at radius 3 is 2.39 bits per heavy atom. The number of carboxylic acid groups (broad SMARTS) is 1. The molecule has 0 radical (unpaired) electrons. The number of sulfonamides is 1. The van der Waals surface area contributed by atoms with Crippen molar-refractivity contribution in [2.75, 3.05) is 13.1 Å². The second kappa shape index (κ2) is 5.95. The highest BCUT2D eigenvalue weighted by Crippen LogP contribution is 2.40. The number of aliphatic carboxylic acids is 1.